The van der Waals surface area contributed by atoms with Gasteiger partial charge in [0.25, 0.3) is 11.8 Å². The van der Waals surface area contributed by atoms with Gasteiger partial charge >= 0.3 is 6.09 Å². The van der Waals surface area contributed by atoms with Crippen LogP contribution in [0.5, 0.6) is 23.0 Å². The number of para-hydroxylation sites is 1. The fraction of sp³-hybridized carbons (Fsp3) is 0.461. The molecule has 7 aliphatic rings. The number of ether oxygens (including phenoxy) is 5. The van der Waals surface area contributed by atoms with E-state index in [9.17, 15) is 48.3 Å². The average molecular weight is 1410 g/mol. The Balaban J connectivity index is 0.555. The molecule has 6 aromatic rings. The van der Waals surface area contributed by atoms with Gasteiger partial charge in [0.2, 0.25) is 35.4 Å². The smallest absolute Gasteiger partial charge is 0.416 e. The highest BCUT2D eigenvalue weighted by molar-refractivity contribution is 6.07. The van der Waals surface area contributed by atoms with E-state index in [1.54, 1.807) is 65.8 Å². The summed E-state index contributed by atoms with van der Waals surface area (Å²) >= 11 is 0. The minimum atomic E-state index is -1.46. The molecule has 2 spiro atoms. The standard InChI is InChI=1S/C76H88N12O15/c1-44(2)66(81-64(91)39-78-63(90)38-77-62(89)24-25-65(92)85-40-48-14-8-9-15-51(48)68-67(82-83-84(68)4)52-16-10-11-17-55(52)85)70(94)79-45(3)69(93)80-49-21-18-46(19-22-49)41-103-74(98)88-56-35-61(59(100-6)34-54(56)72(96)87-43-76(28-29-76)37-57(87)73(88)97)102-31-13-7-12-30-101-60-32-47-20-23-50-36-75(26-27-75)42-86(50)71(95)53(47)33-58(60)99-5/h8-11,14-19,21-22,32-35,44-45,50,57,66,73,97H,7,12-13,20,23-31,36-43H2,1-6H3,(H,77,89)(H,78,90)(H,79,94)(H,80,93)(H,81,91)/t45-,50+,57-,66-,73-/m0/s1. The number of fused-ring (bicyclic) bond motifs is 9. The first-order valence-electron chi connectivity index (χ1n) is 35.5. The van der Waals surface area contributed by atoms with Crippen molar-refractivity contribution in [2.75, 3.05) is 68.7 Å². The van der Waals surface area contributed by atoms with E-state index in [-0.39, 0.29) is 84.5 Å². The number of nitrogens with one attached hydrogen (secondary N) is 5. The molecule has 0 bridgehead atoms. The minimum absolute atomic E-state index is 0.0807. The van der Waals surface area contributed by atoms with Gasteiger partial charge in [-0.1, -0.05) is 73.7 Å². The molecule has 5 aromatic carbocycles. The fourth-order valence-corrected chi connectivity index (χ4v) is 15.0. The van der Waals surface area contributed by atoms with Crippen molar-refractivity contribution in [1.82, 2.24) is 46.1 Å². The molecule has 2 saturated carbocycles. The number of carbonyl (C=O) groups is 9. The molecule has 9 amide bonds. The zero-order valence-corrected chi connectivity index (χ0v) is 58.8. The van der Waals surface area contributed by atoms with Crippen molar-refractivity contribution in [1.29, 1.82) is 0 Å². The molecule has 0 radical (unpaired) electrons. The molecule has 27 nitrogen and oxygen atoms in total. The Hall–Kier alpha value is -10.6. The van der Waals surface area contributed by atoms with Gasteiger partial charge in [0, 0.05) is 67.5 Å². The maximum absolute atomic E-state index is 14.5. The largest absolute Gasteiger partial charge is 0.493 e. The molecule has 6 N–H and O–H groups in total. The van der Waals surface area contributed by atoms with E-state index in [1.165, 1.54) is 32.9 Å². The van der Waals surface area contributed by atoms with Crippen molar-refractivity contribution >= 4 is 70.4 Å². The third-order valence-corrected chi connectivity index (χ3v) is 21.1. The summed E-state index contributed by atoms with van der Waals surface area (Å²) in [5, 5.41) is 33.8. The number of aromatic nitrogens is 3. The van der Waals surface area contributed by atoms with Crippen molar-refractivity contribution in [2.45, 2.75) is 148 Å². The lowest BCUT2D eigenvalue weighted by molar-refractivity contribution is -0.132. The third kappa shape index (κ3) is 15.2. The van der Waals surface area contributed by atoms with Gasteiger partial charge in [-0.05, 0) is 147 Å². The SMILES string of the molecule is COc1cc2c(cc1OCCCCCOc1cc3c(cc1OC)C(=O)N1CC4(CC4)C[C@H]1[C@H](O)N3C(=O)OCc1ccc(NC(=O)[C@H](C)NC(=O)[C@@H](NC(=O)CNC(=O)CNC(=O)CCC(=O)N3Cc4ccccc4-c4c(nnn4C)-c4ccccc43)C(C)C)cc1)CC[C@@H]1CC3(CC3)CN1C2=O. The Morgan fingerprint density at radius 1 is 0.650 bits per heavy atom. The van der Waals surface area contributed by atoms with Crippen LogP contribution in [-0.4, -0.2) is 167 Å². The second-order valence-corrected chi connectivity index (χ2v) is 28.6. The quantitative estimate of drug-likeness (QED) is 0.0305. The molecule has 5 aliphatic heterocycles. The third-order valence-electron chi connectivity index (χ3n) is 21.1. The number of rotatable bonds is 25. The van der Waals surface area contributed by atoms with Gasteiger partial charge in [-0.25, -0.2) is 14.4 Å². The summed E-state index contributed by atoms with van der Waals surface area (Å²) in [6.07, 6.45) is 6.84. The summed E-state index contributed by atoms with van der Waals surface area (Å²) in [4.78, 5) is 129. The van der Waals surface area contributed by atoms with Crippen molar-refractivity contribution in [2.24, 2.45) is 23.8 Å². The van der Waals surface area contributed by atoms with E-state index in [0.29, 0.717) is 83.1 Å². The number of aliphatic hydroxyl groups is 1. The molecule has 103 heavy (non-hydrogen) atoms. The van der Waals surface area contributed by atoms with Crippen molar-refractivity contribution < 1.29 is 71.9 Å². The Labute approximate surface area is 596 Å². The normalized spacial score (nSPS) is 18.9. The number of unbranched alkanes of at least 4 members (excludes halogenated alkanes) is 2. The summed E-state index contributed by atoms with van der Waals surface area (Å²) < 4.78 is 31.6. The molecule has 5 atom stereocenters. The van der Waals surface area contributed by atoms with Gasteiger partial charge in [-0.15, -0.1) is 5.10 Å². The number of hydrogen-bond donors (Lipinski definition) is 6. The van der Waals surface area contributed by atoms with Gasteiger partial charge in [-0.3, -0.25) is 38.4 Å². The van der Waals surface area contributed by atoms with Crippen LogP contribution < -0.4 is 55.3 Å². The molecule has 2 aliphatic carbocycles. The number of aliphatic hydroxyl groups excluding tert-OH is 1. The predicted molar refractivity (Wildman–Crippen MR) is 378 cm³/mol. The van der Waals surface area contributed by atoms with Crippen molar-refractivity contribution in [3.63, 3.8) is 0 Å². The maximum Gasteiger partial charge on any atom is 0.416 e. The van der Waals surface area contributed by atoms with Crippen LogP contribution in [0.25, 0.3) is 22.5 Å². The summed E-state index contributed by atoms with van der Waals surface area (Å²) in [6, 6.07) is 25.8. The summed E-state index contributed by atoms with van der Waals surface area (Å²) in [6.45, 7) is 5.79. The van der Waals surface area contributed by atoms with Gasteiger partial charge < -0.3 is 70.1 Å². The number of carbonyl (C=O) groups excluding carboxylic acids is 9. The maximum atomic E-state index is 14.5. The van der Waals surface area contributed by atoms with E-state index in [4.69, 9.17) is 23.7 Å². The van der Waals surface area contributed by atoms with E-state index in [0.717, 1.165) is 72.4 Å². The highest BCUT2D eigenvalue weighted by atomic mass is 16.6. The van der Waals surface area contributed by atoms with E-state index in [2.05, 4.69) is 41.8 Å². The van der Waals surface area contributed by atoms with Crippen molar-refractivity contribution in [3.05, 3.63) is 125 Å². The number of hydrogen-bond acceptors (Lipinski definition) is 17. The van der Waals surface area contributed by atoms with Gasteiger partial charge in [0.05, 0.1) is 75.7 Å². The summed E-state index contributed by atoms with van der Waals surface area (Å²) in [5.41, 5.74) is 7.53. The topological polar surface area (TPSA) is 324 Å². The molecule has 2 saturated heterocycles. The van der Waals surface area contributed by atoms with Crippen LogP contribution in [0.3, 0.4) is 0 Å². The lowest BCUT2D eigenvalue weighted by Crippen LogP contribution is -2.55. The van der Waals surface area contributed by atoms with E-state index < -0.39 is 79.0 Å². The Morgan fingerprint density at radius 2 is 1.29 bits per heavy atom. The van der Waals surface area contributed by atoms with E-state index in [1.807, 2.05) is 67.7 Å². The lowest BCUT2D eigenvalue weighted by Gasteiger charge is -2.31. The first kappa shape index (κ1) is 70.8. The van der Waals surface area contributed by atoms with Crippen LogP contribution in [-0.2, 0) is 60.1 Å². The van der Waals surface area contributed by atoms with Crippen LogP contribution >= 0.6 is 0 Å². The fourth-order valence-electron chi connectivity index (χ4n) is 15.0. The van der Waals surface area contributed by atoms with Crippen LogP contribution in [0.4, 0.5) is 21.9 Å². The zero-order valence-electron chi connectivity index (χ0n) is 58.8. The second kappa shape index (κ2) is 29.8. The minimum Gasteiger partial charge on any atom is -0.493 e. The average Bonchev–Trinajstić information content (AvgIpc) is 1.59. The summed E-state index contributed by atoms with van der Waals surface area (Å²) in [7, 11) is 4.87. The van der Waals surface area contributed by atoms with Crippen LogP contribution in [0.1, 0.15) is 135 Å². The highest BCUT2D eigenvalue weighted by Crippen LogP contribution is 2.58. The van der Waals surface area contributed by atoms with Crippen LogP contribution in [0.15, 0.2) is 97.1 Å². The Bertz CT molecular complexity index is 4300. The number of nitrogens with zero attached hydrogens (tertiary/aromatic N) is 7. The molecule has 27 heteroatoms. The van der Waals surface area contributed by atoms with Crippen molar-refractivity contribution in [3.8, 4) is 45.5 Å². The monoisotopic (exact) mass is 1410 g/mol. The second-order valence-electron chi connectivity index (χ2n) is 28.6. The number of aryl methyl sites for hydroxylation is 2. The molecule has 6 heterocycles. The van der Waals surface area contributed by atoms with Gasteiger partial charge in [-0.2, -0.15) is 0 Å². The molecular formula is C76H88N12O15. The molecule has 542 valence electrons. The predicted octanol–water partition coefficient (Wildman–Crippen LogP) is 7.35. The highest BCUT2D eigenvalue weighted by Gasteiger charge is 2.58. The Kier molecular flexibility index (Phi) is 20.5. The lowest BCUT2D eigenvalue weighted by atomic mass is 9.95. The molecule has 0 unspecified atom stereocenters. The molecular weight excluding hydrogens is 1320 g/mol. The molecule has 4 fully saturated rings. The number of amides is 9. The molecule has 13 rings (SSSR count). The van der Waals surface area contributed by atoms with E-state index >= 15 is 0 Å². The number of anilines is 3. The van der Waals surface area contributed by atoms with Crippen LogP contribution in [0.2, 0.25) is 0 Å². The van der Waals surface area contributed by atoms with Gasteiger partial charge in [0.15, 0.2) is 29.2 Å². The Morgan fingerprint density at radius 3 is 2.00 bits per heavy atom. The summed E-state index contributed by atoms with van der Waals surface area (Å²) in [5.74, 6) is -2.54. The molecule has 1 aromatic heterocycles. The van der Waals surface area contributed by atoms with Crippen LogP contribution in [0, 0.1) is 16.7 Å². The number of methoxy groups -OCH3 is 2. The zero-order chi connectivity index (χ0) is 72.4. The first-order valence-corrected chi connectivity index (χ1v) is 35.5. The van der Waals surface area contributed by atoms with Gasteiger partial charge in [0.1, 0.15) is 24.4 Å². The first-order chi connectivity index (χ1) is 49.6. The number of benzene rings is 5.